The van der Waals surface area contributed by atoms with Gasteiger partial charge in [0.15, 0.2) is 34.9 Å². The van der Waals surface area contributed by atoms with Crippen LogP contribution in [-0.4, -0.2) is 29.9 Å². The summed E-state index contributed by atoms with van der Waals surface area (Å²) in [6.45, 7) is 12.8. The lowest BCUT2D eigenvalue weighted by molar-refractivity contribution is 1.07. The molecule has 0 radical (unpaired) electrons. The molecular formula is C72H58N6. The van der Waals surface area contributed by atoms with Crippen molar-refractivity contribution in [3.05, 3.63) is 276 Å². The van der Waals surface area contributed by atoms with Gasteiger partial charge in [-0.3, -0.25) is 0 Å². The molecule has 6 heteroatoms. The fourth-order valence-corrected chi connectivity index (χ4v) is 9.76. The van der Waals surface area contributed by atoms with Crippen LogP contribution in [0.4, 0.5) is 0 Å². The first-order chi connectivity index (χ1) is 38.1. The van der Waals surface area contributed by atoms with E-state index in [0.717, 1.165) is 61.2 Å². The van der Waals surface area contributed by atoms with Crippen molar-refractivity contribution in [3.63, 3.8) is 0 Å². The lowest BCUT2D eigenvalue weighted by atomic mass is 9.94. The van der Waals surface area contributed by atoms with Gasteiger partial charge in [-0.15, -0.1) is 0 Å². The molecule has 0 N–H and O–H groups in total. The van der Waals surface area contributed by atoms with Crippen molar-refractivity contribution in [3.8, 4) is 113 Å². The van der Waals surface area contributed by atoms with Crippen LogP contribution in [0.3, 0.4) is 0 Å². The van der Waals surface area contributed by atoms with Gasteiger partial charge in [-0.05, 0) is 133 Å². The third kappa shape index (κ3) is 11.4. The van der Waals surface area contributed by atoms with E-state index < -0.39 is 0 Å². The number of benzene rings is 10. The smallest absolute Gasteiger partial charge is 0.164 e. The molecule has 0 spiro atoms. The summed E-state index contributed by atoms with van der Waals surface area (Å²) in [4.78, 5) is 29.5. The number of rotatable bonds is 10. The second kappa shape index (κ2) is 22.6. The second-order valence-electron chi connectivity index (χ2n) is 20.0. The molecule has 0 aliphatic rings. The summed E-state index contributed by atoms with van der Waals surface area (Å²) >= 11 is 0. The Morgan fingerprint density at radius 1 is 0.179 bits per heavy atom. The molecule has 0 unspecified atom stereocenters. The zero-order valence-electron chi connectivity index (χ0n) is 44.8. The van der Waals surface area contributed by atoms with E-state index in [9.17, 15) is 0 Å². The molecular weight excluding hydrogens is 949 g/mol. The molecule has 12 rings (SSSR count). The van der Waals surface area contributed by atoms with Crippen LogP contribution in [0.2, 0.25) is 0 Å². The number of aryl methyl sites for hydroxylation is 6. The highest BCUT2D eigenvalue weighted by atomic mass is 15.0. The number of hydrogen-bond donors (Lipinski definition) is 0. The van der Waals surface area contributed by atoms with Gasteiger partial charge in [-0.1, -0.05) is 229 Å². The molecule has 2 aromatic heterocycles. The zero-order chi connectivity index (χ0) is 53.5. The summed E-state index contributed by atoms with van der Waals surface area (Å²) in [6.07, 6.45) is 0. The van der Waals surface area contributed by atoms with Gasteiger partial charge in [0.2, 0.25) is 0 Å². The van der Waals surface area contributed by atoms with Crippen LogP contribution in [0.1, 0.15) is 33.4 Å². The summed E-state index contributed by atoms with van der Waals surface area (Å²) < 4.78 is 0. The van der Waals surface area contributed by atoms with E-state index in [4.69, 9.17) is 29.9 Å². The van der Waals surface area contributed by atoms with E-state index in [2.05, 4.69) is 193 Å². The summed E-state index contributed by atoms with van der Waals surface area (Å²) in [5.41, 5.74) is 22.7. The summed E-state index contributed by atoms with van der Waals surface area (Å²) in [5, 5.41) is 0. The Labute approximate surface area is 458 Å². The number of hydrogen-bond acceptors (Lipinski definition) is 6. The molecule has 12 aromatic rings. The van der Waals surface area contributed by atoms with Crippen molar-refractivity contribution < 1.29 is 0 Å². The Balaban J connectivity index is 0.000000207. The van der Waals surface area contributed by atoms with Crippen LogP contribution in [0.15, 0.2) is 243 Å². The van der Waals surface area contributed by atoms with Crippen LogP contribution in [-0.2, 0) is 0 Å². The number of nitrogens with zero attached hydrogens (tertiary/aromatic N) is 6. The zero-order valence-corrected chi connectivity index (χ0v) is 44.8. The van der Waals surface area contributed by atoms with Crippen molar-refractivity contribution >= 4 is 0 Å². The molecule has 0 saturated heterocycles. The molecule has 0 fully saturated rings. The molecule has 376 valence electrons. The third-order valence-electron chi connectivity index (χ3n) is 14.0. The van der Waals surface area contributed by atoms with E-state index in [1.54, 1.807) is 0 Å². The van der Waals surface area contributed by atoms with Crippen LogP contribution in [0.5, 0.6) is 0 Å². The average Bonchev–Trinajstić information content (AvgIpc) is 3.50. The Morgan fingerprint density at radius 3 is 0.769 bits per heavy atom. The largest absolute Gasteiger partial charge is 0.208 e. The molecule has 0 aliphatic carbocycles. The molecule has 0 aliphatic heterocycles. The maximum Gasteiger partial charge on any atom is 0.164 e. The summed E-state index contributed by atoms with van der Waals surface area (Å²) in [7, 11) is 0. The van der Waals surface area contributed by atoms with E-state index in [1.807, 2.05) is 91.0 Å². The van der Waals surface area contributed by atoms with Gasteiger partial charge < -0.3 is 0 Å². The first-order valence-corrected chi connectivity index (χ1v) is 26.4. The predicted molar refractivity (Wildman–Crippen MR) is 322 cm³/mol. The summed E-state index contributed by atoms with van der Waals surface area (Å²) in [6, 6.07) is 84.4. The molecule has 78 heavy (non-hydrogen) atoms. The normalized spacial score (nSPS) is 10.9. The molecule has 10 aromatic carbocycles. The average molecular weight is 1010 g/mol. The summed E-state index contributed by atoms with van der Waals surface area (Å²) in [5.74, 6) is 4.01. The third-order valence-corrected chi connectivity index (χ3v) is 14.0. The van der Waals surface area contributed by atoms with E-state index >= 15 is 0 Å². The van der Waals surface area contributed by atoms with Crippen LogP contribution in [0, 0.1) is 41.5 Å². The molecule has 0 bridgehead atoms. The van der Waals surface area contributed by atoms with Gasteiger partial charge in [0, 0.05) is 33.4 Å². The first-order valence-electron chi connectivity index (χ1n) is 26.4. The van der Waals surface area contributed by atoms with Crippen molar-refractivity contribution in [1.82, 2.24) is 29.9 Å². The Kier molecular flexibility index (Phi) is 14.6. The maximum atomic E-state index is 5.12. The van der Waals surface area contributed by atoms with Gasteiger partial charge in [0.1, 0.15) is 0 Å². The van der Waals surface area contributed by atoms with E-state index in [-0.39, 0.29) is 0 Å². The van der Waals surface area contributed by atoms with Crippen molar-refractivity contribution in [2.45, 2.75) is 41.5 Å². The first kappa shape index (κ1) is 50.4. The van der Waals surface area contributed by atoms with Crippen molar-refractivity contribution in [2.75, 3.05) is 0 Å². The van der Waals surface area contributed by atoms with Gasteiger partial charge in [0.25, 0.3) is 0 Å². The molecule has 0 saturated carbocycles. The minimum absolute atomic E-state index is 0.638. The fourth-order valence-electron chi connectivity index (χ4n) is 9.76. The standard InChI is InChI=1S/C49H39N3.C23H19N3/c1-32-22-24-34(3)45(26-32)41-18-8-14-37(28-41)39-16-10-20-43(30-39)48-50-47(36-12-6-5-7-13-36)51-49(52-48)44-21-11-17-40(31-44)38-15-9-19-42(29-38)46-27-33(2)23-25-35(46)4;1-16-13-14-17(2)20(15-16)23-25-21(18-9-5-3-6-10-18)24-22(26-23)19-11-7-4-8-12-19/h5-31H,1-4H3;3-15H,1-2H3. The molecule has 0 atom stereocenters. The molecule has 2 heterocycles. The Morgan fingerprint density at radius 2 is 0.423 bits per heavy atom. The Bertz CT molecular complexity index is 3880. The highest BCUT2D eigenvalue weighted by Crippen LogP contribution is 2.35. The quantitative estimate of drug-likeness (QED) is 0.136. The van der Waals surface area contributed by atoms with Crippen molar-refractivity contribution in [1.29, 1.82) is 0 Å². The lowest BCUT2D eigenvalue weighted by Crippen LogP contribution is -2.01. The highest BCUT2D eigenvalue weighted by Gasteiger charge is 2.17. The Hall–Kier alpha value is -9.78. The van der Waals surface area contributed by atoms with Gasteiger partial charge in [0.05, 0.1) is 0 Å². The SMILES string of the molecule is Cc1ccc(C)c(-c2cccc(-c3cccc(-c4nc(-c5ccccc5)nc(-c5cccc(-c6cccc(-c7cc(C)ccc7C)c6)c5)n4)c3)c2)c1.Cc1ccc(C)c(-c2nc(-c3ccccc3)nc(-c3ccccc3)n2)c1. The van der Waals surface area contributed by atoms with Crippen LogP contribution < -0.4 is 0 Å². The van der Waals surface area contributed by atoms with E-state index in [1.165, 1.54) is 50.1 Å². The second-order valence-corrected chi connectivity index (χ2v) is 20.0. The molecule has 0 amide bonds. The monoisotopic (exact) mass is 1010 g/mol. The van der Waals surface area contributed by atoms with Gasteiger partial charge in [-0.2, -0.15) is 0 Å². The van der Waals surface area contributed by atoms with Gasteiger partial charge in [-0.25, -0.2) is 29.9 Å². The minimum Gasteiger partial charge on any atom is -0.208 e. The number of aromatic nitrogens is 6. The van der Waals surface area contributed by atoms with Crippen LogP contribution in [0.25, 0.3) is 113 Å². The maximum absolute atomic E-state index is 5.12. The minimum atomic E-state index is 0.638. The topological polar surface area (TPSA) is 77.3 Å². The lowest BCUT2D eigenvalue weighted by Gasteiger charge is -2.12. The van der Waals surface area contributed by atoms with Gasteiger partial charge >= 0.3 is 0 Å². The highest BCUT2D eigenvalue weighted by molar-refractivity contribution is 5.80. The molecule has 6 nitrogen and oxygen atoms in total. The fraction of sp³-hybridized carbons (Fsp3) is 0.0833. The van der Waals surface area contributed by atoms with Crippen molar-refractivity contribution in [2.24, 2.45) is 0 Å². The predicted octanol–water partition coefficient (Wildman–Crippen LogP) is 18.3. The van der Waals surface area contributed by atoms with E-state index in [0.29, 0.717) is 34.9 Å². The van der Waals surface area contributed by atoms with Crippen LogP contribution >= 0.6 is 0 Å².